The molecule has 0 aromatic heterocycles. The summed E-state index contributed by atoms with van der Waals surface area (Å²) in [5, 5.41) is 16.3. The number of aliphatic hydroxyl groups is 1. The first-order valence-corrected chi connectivity index (χ1v) is 4.72. The van der Waals surface area contributed by atoms with Crippen molar-refractivity contribution in [2.24, 2.45) is 0 Å². The van der Waals surface area contributed by atoms with E-state index in [9.17, 15) is 0 Å². The van der Waals surface area contributed by atoms with Crippen LogP contribution < -0.4 is 9.47 Å². The second-order valence-corrected chi connectivity index (χ2v) is 2.94. The summed E-state index contributed by atoms with van der Waals surface area (Å²) in [7, 11) is 1.55. The molecule has 1 aromatic carbocycles. The van der Waals surface area contributed by atoms with Crippen molar-refractivity contribution in [3.8, 4) is 11.5 Å². The normalized spacial score (nSPS) is 9.80. The second-order valence-electron chi connectivity index (χ2n) is 2.94. The van der Waals surface area contributed by atoms with Gasteiger partial charge >= 0.3 is 0 Å². The molecular weight excluding hydrogens is 194 g/mol. The van der Waals surface area contributed by atoms with Gasteiger partial charge in [-0.25, -0.2) is 0 Å². The number of benzene rings is 1. The summed E-state index contributed by atoms with van der Waals surface area (Å²) in [6.45, 7) is 2.17. The van der Waals surface area contributed by atoms with Crippen molar-refractivity contribution < 1.29 is 14.6 Å². The molecular formula is C11H15NO3. The first-order chi connectivity index (χ1) is 7.22. The van der Waals surface area contributed by atoms with E-state index in [0.29, 0.717) is 23.7 Å². The van der Waals surface area contributed by atoms with Gasteiger partial charge in [-0.1, -0.05) is 0 Å². The molecule has 0 atom stereocenters. The summed E-state index contributed by atoms with van der Waals surface area (Å²) in [6.07, 6.45) is 0. The van der Waals surface area contributed by atoms with Crippen molar-refractivity contribution in [3.63, 3.8) is 0 Å². The van der Waals surface area contributed by atoms with Crippen LogP contribution in [0.15, 0.2) is 18.2 Å². The predicted octanol–water partition coefficient (Wildman–Crippen LogP) is 1.45. The summed E-state index contributed by atoms with van der Waals surface area (Å²) in [4.78, 5) is 0. The molecule has 0 aliphatic heterocycles. The molecule has 82 valence electrons. The van der Waals surface area contributed by atoms with Gasteiger partial charge in [0, 0.05) is 5.56 Å². The van der Waals surface area contributed by atoms with E-state index in [1.165, 1.54) is 0 Å². The van der Waals surface area contributed by atoms with E-state index in [0.717, 1.165) is 0 Å². The van der Waals surface area contributed by atoms with Crippen molar-refractivity contribution in [3.05, 3.63) is 23.8 Å². The van der Waals surface area contributed by atoms with Crippen LogP contribution in [0.2, 0.25) is 0 Å². The van der Waals surface area contributed by atoms with Crippen LogP contribution in [0.3, 0.4) is 0 Å². The van der Waals surface area contributed by atoms with E-state index < -0.39 is 0 Å². The molecule has 0 spiro atoms. The molecule has 0 saturated heterocycles. The van der Waals surface area contributed by atoms with Crippen LogP contribution in [-0.2, 0) is 0 Å². The summed E-state index contributed by atoms with van der Waals surface area (Å²) in [5.41, 5.74) is 0.800. The summed E-state index contributed by atoms with van der Waals surface area (Å²) in [5.74, 6) is 1.22. The minimum absolute atomic E-state index is 0.163. The molecule has 2 N–H and O–H groups in total. The fourth-order valence-corrected chi connectivity index (χ4v) is 1.22. The van der Waals surface area contributed by atoms with Crippen LogP contribution >= 0.6 is 0 Å². The number of ether oxygens (including phenoxy) is 2. The first-order valence-electron chi connectivity index (χ1n) is 4.72. The molecule has 4 heteroatoms. The van der Waals surface area contributed by atoms with Crippen molar-refractivity contribution in [1.29, 1.82) is 5.41 Å². The molecule has 4 nitrogen and oxygen atoms in total. The summed E-state index contributed by atoms with van der Waals surface area (Å²) < 4.78 is 10.5. The maximum atomic E-state index is 8.83. The number of methoxy groups -OCH3 is 1. The van der Waals surface area contributed by atoms with Crippen molar-refractivity contribution in [2.45, 2.75) is 6.92 Å². The smallest absolute Gasteiger partial charge is 0.161 e. The van der Waals surface area contributed by atoms with Crippen molar-refractivity contribution >= 4 is 5.71 Å². The highest BCUT2D eigenvalue weighted by molar-refractivity contribution is 5.99. The SMILES string of the molecule is CCOc1ccc(C(=N)CO)cc1OC. The average molecular weight is 209 g/mol. The van der Waals surface area contributed by atoms with Gasteiger partial charge in [-0.15, -0.1) is 0 Å². The number of rotatable bonds is 5. The van der Waals surface area contributed by atoms with Crippen molar-refractivity contribution in [1.82, 2.24) is 0 Å². The van der Waals surface area contributed by atoms with E-state index in [1.54, 1.807) is 25.3 Å². The van der Waals surface area contributed by atoms with Crippen molar-refractivity contribution in [2.75, 3.05) is 20.3 Å². The Hall–Kier alpha value is -1.55. The molecule has 1 rings (SSSR count). The lowest BCUT2D eigenvalue weighted by Crippen LogP contribution is -2.05. The van der Waals surface area contributed by atoms with E-state index in [4.69, 9.17) is 20.0 Å². The Labute approximate surface area is 89.0 Å². The van der Waals surface area contributed by atoms with Crippen LogP contribution in [-0.4, -0.2) is 31.1 Å². The van der Waals surface area contributed by atoms with Crippen LogP contribution in [0, 0.1) is 5.41 Å². The number of hydrogen-bond donors (Lipinski definition) is 2. The molecule has 0 unspecified atom stereocenters. The average Bonchev–Trinajstić information content (AvgIpc) is 2.29. The van der Waals surface area contributed by atoms with Crippen LogP contribution in [0.1, 0.15) is 12.5 Å². The zero-order valence-corrected chi connectivity index (χ0v) is 8.91. The van der Waals surface area contributed by atoms with Gasteiger partial charge < -0.3 is 20.0 Å². The fraction of sp³-hybridized carbons (Fsp3) is 0.364. The highest BCUT2D eigenvalue weighted by Crippen LogP contribution is 2.28. The molecule has 0 amide bonds. The molecule has 0 fully saturated rings. The Kier molecular flexibility index (Phi) is 4.12. The van der Waals surface area contributed by atoms with Gasteiger partial charge in [0.2, 0.25) is 0 Å². The Morgan fingerprint density at radius 1 is 1.40 bits per heavy atom. The van der Waals surface area contributed by atoms with E-state index in [2.05, 4.69) is 0 Å². The minimum atomic E-state index is -0.281. The fourth-order valence-electron chi connectivity index (χ4n) is 1.22. The van der Waals surface area contributed by atoms with Gasteiger partial charge in [-0.2, -0.15) is 0 Å². The maximum Gasteiger partial charge on any atom is 0.161 e. The van der Waals surface area contributed by atoms with E-state index in [1.807, 2.05) is 6.92 Å². The quantitative estimate of drug-likeness (QED) is 0.721. The third-order valence-electron chi connectivity index (χ3n) is 1.97. The second kappa shape index (κ2) is 5.36. The van der Waals surface area contributed by atoms with Gasteiger partial charge in [-0.3, -0.25) is 0 Å². The molecule has 15 heavy (non-hydrogen) atoms. The van der Waals surface area contributed by atoms with Crippen LogP contribution in [0.4, 0.5) is 0 Å². The lowest BCUT2D eigenvalue weighted by molar-refractivity contribution is 0.311. The summed E-state index contributed by atoms with van der Waals surface area (Å²) >= 11 is 0. The maximum absolute atomic E-state index is 8.83. The topological polar surface area (TPSA) is 62.5 Å². The third-order valence-corrected chi connectivity index (χ3v) is 1.97. The molecule has 0 radical (unpaired) electrons. The Balaban J connectivity index is 3.01. The molecule has 1 aromatic rings. The molecule has 0 saturated carbocycles. The Morgan fingerprint density at radius 3 is 2.67 bits per heavy atom. The zero-order valence-electron chi connectivity index (χ0n) is 8.91. The first kappa shape index (κ1) is 11.5. The van der Waals surface area contributed by atoms with Crippen LogP contribution in [0.5, 0.6) is 11.5 Å². The van der Waals surface area contributed by atoms with E-state index in [-0.39, 0.29) is 12.3 Å². The highest BCUT2D eigenvalue weighted by Gasteiger charge is 2.07. The lowest BCUT2D eigenvalue weighted by Gasteiger charge is -2.10. The molecule has 0 aliphatic carbocycles. The molecule has 0 heterocycles. The van der Waals surface area contributed by atoms with Gasteiger partial charge in [0.05, 0.1) is 26.0 Å². The largest absolute Gasteiger partial charge is 0.493 e. The Morgan fingerprint density at radius 2 is 2.13 bits per heavy atom. The third kappa shape index (κ3) is 2.70. The van der Waals surface area contributed by atoms with Gasteiger partial charge in [0.15, 0.2) is 11.5 Å². The van der Waals surface area contributed by atoms with E-state index >= 15 is 0 Å². The zero-order chi connectivity index (χ0) is 11.3. The number of hydrogen-bond acceptors (Lipinski definition) is 4. The molecule has 0 aliphatic rings. The number of nitrogens with one attached hydrogen (secondary N) is 1. The molecule has 0 bridgehead atoms. The van der Waals surface area contributed by atoms with Gasteiger partial charge in [0.1, 0.15) is 0 Å². The number of aliphatic hydroxyl groups excluding tert-OH is 1. The summed E-state index contributed by atoms with van der Waals surface area (Å²) in [6, 6.07) is 5.15. The van der Waals surface area contributed by atoms with Gasteiger partial charge in [-0.05, 0) is 25.1 Å². The minimum Gasteiger partial charge on any atom is -0.493 e. The predicted molar refractivity (Wildman–Crippen MR) is 58.1 cm³/mol. The monoisotopic (exact) mass is 209 g/mol. The van der Waals surface area contributed by atoms with Crippen LogP contribution in [0.25, 0.3) is 0 Å². The van der Waals surface area contributed by atoms with Gasteiger partial charge in [0.25, 0.3) is 0 Å². The lowest BCUT2D eigenvalue weighted by atomic mass is 10.1. The highest BCUT2D eigenvalue weighted by atomic mass is 16.5. The standard InChI is InChI=1S/C11H15NO3/c1-3-15-10-5-4-8(9(12)7-13)6-11(10)14-2/h4-6,12-13H,3,7H2,1-2H3. The Bertz CT molecular complexity index is 350.